The molecule has 0 unspecified atom stereocenters. The van der Waals surface area contributed by atoms with Gasteiger partial charge in [0.05, 0.1) is 30.1 Å². The summed E-state index contributed by atoms with van der Waals surface area (Å²) in [6.07, 6.45) is 0.0521. The molecule has 32 heavy (non-hydrogen) atoms. The number of hydrogen-bond donors (Lipinski definition) is 2. The van der Waals surface area contributed by atoms with Gasteiger partial charge < -0.3 is 20.1 Å². The SMILES string of the molecule is N#Cc1cc([C@H]2CN(C(=O)O)CCO2)ccc1NC(=O)c1ccn(-c2ccc(F)cc2)n1. The molecule has 10 heteroatoms. The zero-order valence-electron chi connectivity index (χ0n) is 16.7. The minimum absolute atomic E-state index is 0.120. The lowest BCUT2D eigenvalue weighted by Crippen LogP contribution is -2.41. The number of anilines is 1. The number of nitrogens with one attached hydrogen (secondary N) is 1. The number of carboxylic acid groups (broad SMARTS) is 1. The van der Waals surface area contributed by atoms with Gasteiger partial charge in [-0.25, -0.2) is 13.9 Å². The third-order valence-electron chi connectivity index (χ3n) is 5.03. The van der Waals surface area contributed by atoms with Gasteiger partial charge in [-0.3, -0.25) is 4.79 Å². The fourth-order valence-corrected chi connectivity index (χ4v) is 3.36. The van der Waals surface area contributed by atoms with Gasteiger partial charge in [-0.2, -0.15) is 10.4 Å². The first-order valence-electron chi connectivity index (χ1n) is 9.71. The lowest BCUT2D eigenvalue weighted by Gasteiger charge is -2.31. The van der Waals surface area contributed by atoms with E-state index in [4.69, 9.17) is 4.74 Å². The summed E-state index contributed by atoms with van der Waals surface area (Å²) in [6.45, 7) is 0.705. The third-order valence-corrected chi connectivity index (χ3v) is 5.03. The number of hydrogen-bond acceptors (Lipinski definition) is 5. The van der Waals surface area contributed by atoms with Crippen molar-refractivity contribution in [3.8, 4) is 11.8 Å². The van der Waals surface area contributed by atoms with E-state index in [1.165, 1.54) is 39.9 Å². The maximum Gasteiger partial charge on any atom is 0.407 e. The van der Waals surface area contributed by atoms with Gasteiger partial charge in [0.25, 0.3) is 5.91 Å². The first kappa shape index (κ1) is 21.0. The third kappa shape index (κ3) is 4.43. The highest BCUT2D eigenvalue weighted by atomic mass is 19.1. The van der Waals surface area contributed by atoms with Crippen molar-refractivity contribution in [2.75, 3.05) is 25.0 Å². The Morgan fingerprint density at radius 1 is 1.22 bits per heavy atom. The molecule has 162 valence electrons. The van der Waals surface area contributed by atoms with Crippen LogP contribution in [-0.4, -0.2) is 51.5 Å². The molecule has 1 atom stereocenters. The zero-order valence-corrected chi connectivity index (χ0v) is 16.7. The molecule has 1 fully saturated rings. The number of benzene rings is 2. The van der Waals surface area contributed by atoms with Gasteiger partial charge in [-0.15, -0.1) is 0 Å². The van der Waals surface area contributed by atoms with Crippen molar-refractivity contribution >= 4 is 17.7 Å². The maximum absolute atomic E-state index is 13.1. The lowest BCUT2D eigenvalue weighted by molar-refractivity contribution is -0.0232. The van der Waals surface area contributed by atoms with Crippen LogP contribution in [0.4, 0.5) is 14.9 Å². The number of ether oxygens (including phenoxy) is 1. The molecule has 2 amide bonds. The Labute approximate surface area is 182 Å². The fourth-order valence-electron chi connectivity index (χ4n) is 3.36. The number of aromatic nitrogens is 2. The summed E-state index contributed by atoms with van der Waals surface area (Å²) in [6, 6.07) is 14.0. The molecule has 0 aliphatic carbocycles. The second kappa shape index (κ2) is 8.87. The Morgan fingerprint density at radius 2 is 2.00 bits per heavy atom. The molecule has 4 rings (SSSR count). The van der Waals surface area contributed by atoms with E-state index in [0.717, 1.165) is 0 Å². The molecule has 1 saturated heterocycles. The van der Waals surface area contributed by atoms with Crippen molar-refractivity contribution < 1.29 is 23.8 Å². The van der Waals surface area contributed by atoms with E-state index in [-0.39, 0.29) is 36.8 Å². The van der Waals surface area contributed by atoms with Crippen LogP contribution in [0.15, 0.2) is 54.7 Å². The smallest absolute Gasteiger partial charge is 0.407 e. The summed E-state index contributed by atoms with van der Waals surface area (Å²) >= 11 is 0. The number of amides is 2. The van der Waals surface area contributed by atoms with Crippen molar-refractivity contribution in [2.45, 2.75) is 6.10 Å². The number of nitriles is 1. The summed E-state index contributed by atoms with van der Waals surface area (Å²) in [5, 5.41) is 25.6. The molecular weight excluding hydrogens is 417 g/mol. The summed E-state index contributed by atoms with van der Waals surface area (Å²) in [7, 11) is 0. The summed E-state index contributed by atoms with van der Waals surface area (Å²) in [5.74, 6) is -0.887. The van der Waals surface area contributed by atoms with E-state index in [1.54, 1.807) is 24.4 Å². The predicted molar refractivity (Wildman–Crippen MR) is 111 cm³/mol. The van der Waals surface area contributed by atoms with E-state index < -0.39 is 18.1 Å². The summed E-state index contributed by atoms with van der Waals surface area (Å²) < 4.78 is 20.2. The van der Waals surface area contributed by atoms with Crippen LogP contribution in [0.5, 0.6) is 0 Å². The van der Waals surface area contributed by atoms with Crippen LogP contribution in [0.3, 0.4) is 0 Å². The quantitative estimate of drug-likeness (QED) is 0.649. The van der Waals surface area contributed by atoms with E-state index in [2.05, 4.69) is 10.4 Å². The standard InChI is InChI=1S/C22H18FN5O4/c23-16-2-4-17(5-3-16)28-8-7-19(26-28)21(29)25-18-6-1-14(11-15(18)12-24)20-13-27(22(30)31)9-10-32-20/h1-8,11,20H,9-10,13H2,(H,25,29)(H,30,31)/t20-/m1/s1. The van der Waals surface area contributed by atoms with Gasteiger partial charge in [-0.1, -0.05) is 6.07 Å². The Morgan fingerprint density at radius 3 is 2.72 bits per heavy atom. The topological polar surface area (TPSA) is 120 Å². The highest BCUT2D eigenvalue weighted by molar-refractivity contribution is 6.03. The summed E-state index contributed by atoms with van der Waals surface area (Å²) in [4.78, 5) is 25.1. The van der Waals surface area contributed by atoms with Crippen molar-refractivity contribution in [3.05, 3.63) is 77.4 Å². The van der Waals surface area contributed by atoms with E-state index >= 15 is 0 Å². The van der Waals surface area contributed by atoms with E-state index in [9.17, 15) is 24.3 Å². The molecule has 0 saturated carbocycles. The van der Waals surface area contributed by atoms with Crippen LogP contribution < -0.4 is 5.32 Å². The number of halogens is 1. The Balaban J connectivity index is 1.50. The molecule has 0 bridgehead atoms. The molecule has 1 aliphatic heterocycles. The number of carbonyl (C=O) groups is 2. The fraction of sp³-hybridized carbons (Fsp3) is 0.182. The van der Waals surface area contributed by atoms with Gasteiger partial charge in [-0.05, 0) is 48.0 Å². The van der Waals surface area contributed by atoms with Crippen LogP contribution in [0.25, 0.3) is 5.69 Å². The molecular formula is C22H18FN5O4. The van der Waals surface area contributed by atoms with Gasteiger partial charge in [0, 0.05) is 12.7 Å². The molecule has 1 aromatic heterocycles. The van der Waals surface area contributed by atoms with Gasteiger partial charge in [0.15, 0.2) is 5.69 Å². The van der Waals surface area contributed by atoms with E-state index in [0.29, 0.717) is 16.9 Å². The summed E-state index contributed by atoms with van der Waals surface area (Å²) in [5.41, 5.74) is 1.87. The molecule has 2 aromatic carbocycles. The molecule has 0 spiro atoms. The zero-order chi connectivity index (χ0) is 22.7. The molecule has 9 nitrogen and oxygen atoms in total. The largest absolute Gasteiger partial charge is 0.465 e. The van der Waals surface area contributed by atoms with Gasteiger partial charge >= 0.3 is 6.09 Å². The molecule has 2 heterocycles. The minimum Gasteiger partial charge on any atom is -0.465 e. The highest BCUT2D eigenvalue weighted by Crippen LogP contribution is 2.26. The highest BCUT2D eigenvalue weighted by Gasteiger charge is 2.25. The first-order chi connectivity index (χ1) is 15.4. The average molecular weight is 435 g/mol. The minimum atomic E-state index is -1.03. The molecule has 0 radical (unpaired) electrons. The van der Waals surface area contributed by atoms with Crippen molar-refractivity contribution in [2.24, 2.45) is 0 Å². The second-order valence-corrected chi connectivity index (χ2v) is 7.08. The first-order valence-corrected chi connectivity index (χ1v) is 9.71. The number of rotatable bonds is 4. The molecule has 1 aliphatic rings. The maximum atomic E-state index is 13.1. The Bertz CT molecular complexity index is 1200. The van der Waals surface area contributed by atoms with Crippen molar-refractivity contribution in [3.63, 3.8) is 0 Å². The van der Waals surface area contributed by atoms with Crippen LogP contribution in [0.2, 0.25) is 0 Å². The van der Waals surface area contributed by atoms with E-state index in [1.807, 2.05) is 6.07 Å². The molecule has 3 aromatic rings. The second-order valence-electron chi connectivity index (χ2n) is 7.08. The van der Waals surface area contributed by atoms with Crippen LogP contribution in [-0.2, 0) is 4.74 Å². The van der Waals surface area contributed by atoms with Crippen LogP contribution in [0, 0.1) is 17.1 Å². The molecule has 2 N–H and O–H groups in total. The average Bonchev–Trinajstić information content (AvgIpc) is 3.30. The predicted octanol–water partition coefficient (Wildman–Crippen LogP) is 3.19. The monoisotopic (exact) mass is 435 g/mol. The van der Waals surface area contributed by atoms with Crippen LogP contribution >= 0.6 is 0 Å². The number of carbonyl (C=O) groups excluding carboxylic acids is 1. The number of nitrogens with zero attached hydrogens (tertiary/aromatic N) is 4. The van der Waals surface area contributed by atoms with Gasteiger partial charge in [0.2, 0.25) is 0 Å². The van der Waals surface area contributed by atoms with Crippen molar-refractivity contribution in [1.29, 1.82) is 5.26 Å². The number of morpholine rings is 1. The normalized spacial score (nSPS) is 15.8. The van der Waals surface area contributed by atoms with Crippen molar-refractivity contribution in [1.82, 2.24) is 14.7 Å². The Kier molecular flexibility index (Phi) is 5.83. The van der Waals surface area contributed by atoms with Gasteiger partial charge in [0.1, 0.15) is 18.0 Å². The Hall–Kier alpha value is -4.23. The van der Waals surface area contributed by atoms with Crippen LogP contribution in [0.1, 0.15) is 27.7 Å². The lowest BCUT2D eigenvalue weighted by atomic mass is 10.0.